The maximum absolute atomic E-state index is 12.1. The molecule has 1 saturated heterocycles. The predicted octanol–water partition coefficient (Wildman–Crippen LogP) is 3.54. The molecular formula is C22H25NO4. The Labute approximate surface area is 159 Å². The minimum Gasteiger partial charge on any atom is -0.481 e. The van der Waals surface area contributed by atoms with Crippen LogP contribution in [0.4, 0.5) is 0 Å². The zero-order valence-corrected chi connectivity index (χ0v) is 15.5. The Balaban J connectivity index is 1.48. The number of rotatable bonds is 6. The van der Waals surface area contributed by atoms with Crippen LogP contribution in [-0.2, 0) is 11.2 Å². The van der Waals surface area contributed by atoms with Gasteiger partial charge in [-0.15, -0.1) is 0 Å². The lowest BCUT2D eigenvalue weighted by Gasteiger charge is -2.23. The van der Waals surface area contributed by atoms with Crippen LogP contribution in [0, 0.1) is 5.92 Å². The first-order valence-corrected chi connectivity index (χ1v) is 9.50. The van der Waals surface area contributed by atoms with Gasteiger partial charge < -0.3 is 19.5 Å². The fraction of sp³-hybridized carbons (Fsp3) is 0.409. The Morgan fingerprint density at radius 1 is 1.15 bits per heavy atom. The summed E-state index contributed by atoms with van der Waals surface area (Å²) in [5.41, 5.74) is 2.32. The average molecular weight is 367 g/mol. The highest BCUT2D eigenvalue weighted by Crippen LogP contribution is 2.42. The van der Waals surface area contributed by atoms with E-state index in [-0.39, 0.29) is 18.8 Å². The second-order valence-corrected chi connectivity index (χ2v) is 7.47. The van der Waals surface area contributed by atoms with Gasteiger partial charge in [-0.25, -0.2) is 0 Å². The molecule has 2 aromatic carbocycles. The van der Waals surface area contributed by atoms with E-state index in [0.717, 1.165) is 37.1 Å². The molecule has 0 saturated carbocycles. The molecule has 1 N–H and O–H groups in total. The SMILES string of the molecule is CN1CC(c2ccc3c(c2)OCO3)C(C(=O)O)C1CCCc1ccccc1. The number of carboxylic acids is 1. The van der Waals surface area contributed by atoms with Gasteiger partial charge in [-0.1, -0.05) is 36.4 Å². The number of benzene rings is 2. The van der Waals surface area contributed by atoms with E-state index in [0.29, 0.717) is 5.75 Å². The molecule has 0 bridgehead atoms. The van der Waals surface area contributed by atoms with E-state index < -0.39 is 11.9 Å². The number of nitrogens with zero attached hydrogens (tertiary/aromatic N) is 1. The highest BCUT2D eigenvalue weighted by Gasteiger charge is 2.44. The van der Waals surface area contributed by atoms with E-state index in [1.807, 2.05) is 43.4 Å². The van der Waals surface area contributed by atoms with Crippen molar-refractivity contribution in [2.75, 3.05) is 20.4 Å². The number of aryl methyl sites for hydroxylation is 1. The van der Waals surface area contributed by atoms with E-state index in [1.54, 1.807) is 0 Å². The molecule has 2 aromatic rings. The van der Waals surface area contributed by atoms with Gasteiger partial charge in [0.2, 0.25) is 6.79 Å². The Morgan fingerprint density at radius 3 is 2.70 bits per heavy atom. The standard InChI is InChI=1S/C22H25NO4/c1-23-13-17(16-10-11-19-20(12-16)27-14-26-19)21(22(24)25)18(23)9-5-8-15-6-3-2-4-7-15/h2-4,6-7,10-12,17-18,21H,5,8-9,13-14H2,1H3,(H,24,25). The van der Waals surface area contributed by atoms with Gasteiger partial charge in [-0.3, -0.25) is 4.79 Å². The number of likely N-dealkylation sites (N-methyl/N-ethyl adjacent to an activating group) is 1. The quantitative estimate of drug-likeness (QED) is 0.846. The monoisotopic (exact) mass is 367 g/mol. The van der Waals surface area contributed by atoms with Crippen LogP contribution in [0.1, 0.15) is 29.9 Å². The van der Waals surface area contributed by atoms with Crippen LogP contribution in [0.3, 0.4) is 0 Å². The minimum atomic E-state index is -0.716. The first-order chi connectivity index (χ1) is 13.1. The van der Waals surface area contributed by atoms with Crippen LogP contribution < -0.4 is 9.47 Å². The average Bonchev–Trinajstić information content (AvgIpc) is 3.26. The van der Waals surface area contributed by atoms with Gasteiger partial charge in [0.05, 0.1) is 5.92 Å². The van der Waals surface area contributed by atoms with Crippen molar-refractivity contribution in [1.82, 2.24) is 4.90 Å². The Hall–Kier alpha value is -2.53. The molecule has 0 spiro atoms. The van der Waals surface area contributed by atoms with Crippen molar-refractivity contribution < 1.29 is 19.4 Å². The van der Waals surface area contributed by atoms with Gasteiger partial charge in [0.15, 0.2) is 11.5 Å². The second kappa shape index (κ2) is 7.61. The van der Waals surface area contributed by atoms with Gasteiger partial charge in [-0.05, 0) is 49.6 Å². The van der Waals surface area contributed by atoms with Crippen molar-refractivity contribution in [2.45, 2.75) is 31.2 Å². The smallest absolute Gasteiger partial charge is 0.308 e. The number of aliphatic carboxylic acids is 1. The third-order valence-electron chi connectivity index (χ3n) is 5.82. The molecule has 142 valence electrons. The summed E-state index contributed by atoms with van der Waals surface area (Å²) in [5, 5.41) is 9.96. The lowest BCUT2D eigenvalue weighted by molar-refractivity contribution is -0.143. The van der Waals surface area contributed by atoms with Crippen LogP contribution in [0.15, 0.2) is 48.5 Å². The summed E-state index contributed by atoms with van der Waals surface area (Å²) in [7, 11) is 2.04. The number of ether oxygens (including phenoxy) is 2. The van der Waals surface area contributed by atoms with Crippen molar-refractivity contribution >= 4 is 5.97 Å². The number of fused-ring (bicyclic) bond motifs is 1. The molecule has 5 heteroatoms. The summed E-state index contributed by atoms with van der Waals surface area (Å²) in [6.45, 7) is 0.973. The topological polar surface area (TPSA) is 59.0 Å². The molecule has 0 aromatic heterocycles. The first-order valence-electron chi connectivity index (χ1n) is 9.50. The van der Waals surface area contributed by atoms with E-state index >= 15 is 0 Å². The van der Waals surface area contributed by atoms with E-state index in [4.69, 9.17) is 9.47 Å². The molecule has 2 aliphatic heterocycles. The molecular weight excluding hydrogens is 342 g/mol. The number of likely N-dealkylation sites (tertiary alicyclic amines) is 1. The lowest BCUT2D eigenvalue weighted by Crippen LogP contribution is -2.33. The molecule has 3 unspecified atom stereocenters. The molecule has 0 amide bonds. The predicted molar refractivity (Wildman–Crippen MR) is 102 cm³/mol. The van der Waals surface area contributed by atoms with Crippen LogP contribution >= 0.6 is 0 Å². The number of carbonyl (C=O) groups is 1. The maximum atomic E-state index is 12.1. The molecule has 1 fully saturated rings. The first kappa shape index (κ1) is 17.9. The summed E-state index contributed by atoms with van der Waals surface area (Å²) in [5.74, 6) is 0.282. The molecule has 5 nitrogen and oxygen atoms in total. The summed E-state index contributed by atoms with van der Waals surface area (Å²) in [4.78, 5) is 14.3. The van der Waals surface area contributed by atoms with Crippen LogP contribution in [0.5, 0.6) is 11.5 Å². The fourth-order valence-corrected chi connectivity index (χ4v) is 4.45. The van der Waals surface area contributed by atoms with Crippen molar-refractivity contribution in [2.24, 2.45) is 5.92 Å². The molecule has 4 rings (SSSR count). The van der Waals surface area contributed by atoms with Gasteiger partial charge >= 0.3 is 5.97 Å². The summed E-state index contributed by atoms with van der Waals surface area (Å²) < 4.78 is 10.9. The molecule has 2 heterocycles. The van der Waals surface area contributed by atoms with E-state index in [2.05, 4.69) is 17.0 Å². The van der Waals surface area contributed by atoms with Crippen LogP contribution in [0.25, 0.3) is 0 Å². The number of hydrogen-bond donors (Lipinski definition) is 1. The summed E-state index contributed by atoms with van der Waals surface area (Å²) in [6.07, 6.45) is 2.84. The third kappa shape index (κ3) is 3.65. The van der Waals surface area contributed by atoms with Crippen molar-refractivity contribution in [3.63, 3.8) is 0 Å². The molecule has 0 radical (unpaired) electrons. The van der Waals surface area contributed by atoms with Crippen molar-refractivity contribution in [3.05, 3.63) is 59.7 Å². The fourth-order valence-electron chi connectivity index (χ4n) is 4.45. The Bertz CT molecular complexity index is 807. The van der Waals surface area contributed by atoms with Gasteiger partial charge in [0, 0.05) is 18.5 Å². The normalized spacial score (nSPS) is 24.3. The molecule has 27 heavy (non-hydrogen) atoms. The zero-order chi connectivity index (χ0) is 18.8. The minimum absolute atomic E-state index is 0.0382. The highest BCUT2D eigenvalue weighted by atomic mass is 16.7. The maximum Gasteiger partial charge on any atom is 0.308 e. The van der Waals surface area contributed by atoms with E-state index in [1.165, 1.54) is 5.56 Å². The molecule has 2 aliphatic rings. The van der Waals surface area contributed by atoms with Crippen LogP contribution in [0.2, 0.25) is 0 Å². The second-order valence-electron chi connectivity index (χ2n) is 7.47. The zero-order valence-electron chi connectivity index (χ0n) is 15.5. The van der Waals surface area contributed by atoms with E-state index in [9.17, 15) is 9.90 Å². The Kier molecular flexibility index (Phi) is 5.03. The van der Waals surface area contributed by atoms with Crippen LogP contribution in [-0.4, -0.2) is 42.4 Å². The summed E-state index contributed by atoms with van der Waals surface area (Å²) in [6, 6.07) is 16.2. The number of carboxylic acid groups (broad SMARTS) is 1. The van der Waals surface area contributed by atoms with Gasteiger partial charge in [0.25, 0.3) is 0 Å². The Morgan fingerprint density at radius 2 is 1.93 bits per heavy atom. The number of hydrogen-bond acceptors (Lipinski definition) is 4. The van der Waals surface area contributed by atoms with Crippen molar-refractivity contribution in [1.29, 1.82) is 0 Å². The van der Waals surface area contributed by atoms with Gasteiger partial charge in [-0.2, -0.15) is 0 Å². The van der Waals surface area contributed by atoms with Crippen molar-refractivity contribution in [3.8, 4) is 11.5 Å². The molecule has 0 aliphatic carbocycles. The highest BCUT2D eigenvalue weighted by molar-refractivity contribution is 5.73. The summed E-state index contributed by atoms with van der Waals surface area (Å²) >= 11 is 0. The molecule has 3 atom stereocenters. The largest absolute Gasteiger partial charge is 0.481 e. The lowest BCUT2D eigenvalue weighted by atomic mass is 9.83. The third-order valence-corrected chi connectivity index (χ3v) is 5.82. The van der Waals surface area contributed by atoms with Gasteiger partial charge in [0.1, 0.15) is 0 Å².